The van der Waals surface area contributed by atoms with E-state index in [0.717, 1.165) is 45.0 Å². The Morgan fingerprint density at radius 2 is 2.00 bits per heavy atom. The Hall–Kier alpha value is -1.03. The fraction of sp³-hybridized carbons (Fsp3) is 0.294. The smallest absolute Gasteiger partial charge is 0.131 e. The minimum atomic E-state index is 0.139. The van der Waals surface area contributed by atoms with Gasteiger partial charge in [0.25, 0.3) is 0 Å². The molecule has 2 aromatic rings. The largest absolute Gasteiger partial charge is 0.457 e. The zero-order valence-electron chi connectivity index (χ0n) is 12.2. The summed E-state index contributed by atoms with van der Waals surface area (Å²) in [6.45, 7) is 4.05. The first-order valence-electron chi connectivity index (χ1n) is 6.97. The van der Waals surface area contributed by atoms with Gasteiger partial charge in [0.15, 0.2) is 0 Å². The number of halogens is 2. The maximum Gasteiger partial charge on any atom is 0.131 e. The number of hydrogen-bond acceptors (Lipinski definition) is 2. The third kappa shape index (κ3) is 4.47. The summed E-state index contributed by atoms with van der Waals surface area (Å²) >= 11 is 9.53. The first-order chi connectivity index (χ1) is 9.99. The van der Waals surface area contributed by atoms with Gasteiger partial charge < -0.3 is 10.5 Å². The third-order valence-electron chi connectivity index (χ3n) is 3.39. The monoisotopic (exact) mass is 367 g/mol. The van der Waals surface area contributed by atoms with Crippen molar-refractivity contribution in [1.29, 1.82) is 0 Å². The van der Waals surface area contributed by atoms with Crippen molar-refractivity contribution in [3.05, 3.63) is 57.0 Å². The molecule has 0 spiro atoms. The molecule has 2 aromatic carbocycles. The molecule has 0 radical (unpaired) electrons. The van der Waals surface area contributed by atoms with Crippen molar-refractivity contribution in [2.45, 2.75) is 32.7 Å². The molecule has 0 aliphatic carbocycles. The topological polar surface area (TPSA) is 35.2 Å². The van der Waals surface area contributed by atoms with Gasteiger partial charge in [-0.3, -0.25) is 0 Å². The molecule has 0 saturated heterocycles. The van der Waals surface area contributed by atoms with Gasteiger partial charge in [-0.05, 0) is 61.2 Å². The highest BCUT2D eigenvalue weighted by molar-refractivity contribution is 9.10. The van der Waals surface area contributed by atoms with E-state index in [1.165, 1.54) is 0 Å². The molecule has 1 atom stereocenters. The van der Waals surface area contributed by atoms with E-state index in [4.69, 9.17) is 22.1 Å². The molecule has 0 bridgehead atoms. The van der Waals surface area contributed by atoms with Crippen LogP contribution in [0, 0.1) is 6.92 Å². The molecule has 0 saturated carbocycles. The minimum absolute atomic E-state index is 0.139. The van der Waals surface area contributed by atoms with Crippen LogP contribution in [-0.4, -0.2) is 6.04 Å². The molecule has 0 aromatic heterocycles. The third-order valence-corrected chi connectivity index (χ3v) is 4.31. The lowest BCUT2D eigenvalue weighted by atomic mass is 10.0. The van der Waals surface area contributed by atoms with E-state index < -0.39 is 0 Å². The van der Waals surface area contributed by atoms with Crippen LogP contribution >= 0.6 is 27.5 Å². The van der Waals surface area contributed by atoms with Gasteiger partial charge in [-0.1, -0.05) is 40.5 Å². The van der Waals surface area contributed by atoms with Crippen molar-refractivity contribution >= 4 is 27.5 Å². The van der Waals surface area contributed by atoms with Crippen molar-refractivity contribution in [1.82, 2.24) is 0 Å². The molecular formula is C17H19BrClNO. The Bertz CT molecular complexity index is 630. The summed E-state index contributed by atoms with van der Waals surface area (Å²) in [6, 6.07) is 11.8. The predicted molar refractivity (Wildman–Crippen MR) is 92.4 cm³/mol. The lowest BCUT2D eigenvalue weighted by molar-refractivity contribution is 0.471. The molecule has 1 unspecified atom stereocenters. The second-order valence-corrected chi connectivity index (χ2v) is 6.46. The number of aryl methyl sites for hydroxylation is 1. The highest BCUT2D eigenvalue weighted by atomic mass is 79.9. The van der Waals surface area contributed by atoms with Crippen LogP contribution < -0.4 is 10.5 Å². The van der Waals surface area contributed by atoms with Crippen LogP contribution in [0.15, 0.2) is 40.9 Å². The van der Waals surface area contributed by atoms with Gasteiger partial charge in [0.05, 0.1) is 0 Å². The Kier molecular flexibility index (Phi) is 5.68. The van der Waals surface area contributed by atoms with Crippen molar-refractivity contribution < 1.29 is 4.74 Å². The fourth-order valence-electron chi connectivity index (χ4n) is 2.03. The van der Waals surface area contributed by atoms with Crippen LogP contribution in [0.1, 0.15) is 24.5 Å². The Labute approximate surface area is 139 Å². The zero-order valence-corrected chi connectivity index (χ0v) is 14.5. The molecule has 0 amide bonds. The lowest BCUT2D eigenvalue weighted by Gasteiger charge is -2.15. The van der Waals surface area contributed by atoms with E-state index in [9.17, 15) is 0 Å². The van der Waals surface area contributed by atoms with Crippen molar-refractivity contribution in [2.24, 2.45) is 5.73 Å². The average molecular weight is 369 g/mol. The Morgan fingerprint density at radius 3 is 2.67 bits per heavy atom. The minimum Gasteiger partial charge on any atom is -0.457 e. The number of rotatable bonds is 5. The van der Waals surface area contributed by atoms with Gasteiger partial charge in [-0.15, -0.1) is 0 Å². The second-order valence-electron chi connectivity index (χ2n) is 5.14. The molecule has 2 N–H and O–H groups in total. The van der Waals surface area contributed by atoms with Crippen molar-refractivity contribution in [2.75, 3.05) is 0 Å². The number of benzene rings is 2. The molecule has 2 nitrogen and oxygen atoms in total. The molecule has 4 heteroatoms. The Morgan fingerprint density at radius 1 is 1.24 bits per heavy atom. The van der Waals surface area contributed by atoms with Gasteiger partial charge in [0.1, 0.15) is 11.5 Å². The first-order valence-corrected chi connectivity index (χ1v) is 8.14. The summed E-state index contributed by atoms with van der Waals surface area (Å²) in [5.74, 6) is 1.61. The van der Waals surface area contributed by atoms with Gasteiger partial charge >= 0.3 is 0 Å². The van der Waals surface area contributed by atoms with Crippen molar-refractivity contribution in [3.8, 4) is 11.5 Å². The van der Waals surface area contributed by atoms with Gasteiger partial charge in [-0.2, -0.15) is 0 Å². The van der Waals surface area contributed by atoms with E-state index in [2.05, 4.69) is 28.9 Å². The van der Waals surface area contributed by atoms with Crippen LogP contribution in [-0.2, 0) is 6.42 Å². The molecular weight excluding hydrogens is 350 g/mol. The summed E-state index contributed by atoms with van der Waals surface area (Å²) in [5, 5.41) is 0.741. The summed E-state index contributed by atoms with van der Waals surface area (Å²) in [4.78, 5) is 0. The fourth-order valence-corrected chi connectivity index (χ4v) is 2.48. The second kappa shape index (κ2) is 7.30. The normalized spacial score (nSPS) is 12.2. The first kappa shape index (κ1) is 16.3. The van der Waals surface area contributed by atoms with E-state index in [1.807, 2.05) is 37.3 Å². The number of ether oxygens (including phenoxy) is 1. The van der Waals surface area contributed by atoms with E-state index in [-0.39, 0.29) is 6.04 Å². The summed E-state index contributed by atoms with van der Waals surface area (Å²) in [7, 11) is 0. The molecule has 0 aliphatic heterocycles. The van der Waals surface area contributed by atoms with Crippen LogP contribution in [0.3, 0.4) is 0 Å². The summed E-state index contributed by atoms with van der Waals surface area (Å²) in [5.41, 5.74) is 8.17. The summed E-state index contributed by atoms with van der Waals surface area (Å²) in [6.07, 6.45) is 1.74. The van der Waals surface area contributed by atoms with E-state index >= 15 is 0 Å². The van der Waals surface area contributed by atoms with Crippen LogP contribution in [0.4, 0.5) is 0 Å². The maximum absolute atomic E-state index is 6.06. The highest BCUT2D eigenvalue weighted by Gasteiger charge is 2.10. The number of hydrogen-bond donors (Lipinski definition) is 1. The number of nitrogens with two attached hydrogens (primary N) is 1. The molecule has 0 fully saturated rings. The molecule has 0 aliphatic rings. The molecule has 2 rings (SSSR count). The van der Waals surface area contributed by atoms with Crippen LogP contribution in [0.25, 0.3) is 0 Å². The molecule has 21 heavy (non-hydrogen) atoms. The predicted octanol–water partition coefficient (Wildman–Crippen LogP) is 5.48. The van der Waals surface area contributed by atoms with Crippen molar-refractivity contribution in [3.63, 3.8) is 0 Å². The quantitative estimate of drug-likeness (QED) is 0.758. The van der Waals surface area contributed by atoms with Gasteiger partial charge in [0, 0.05) is 15.5 Å². The van der Waals surface area contributed by atoms with E-state index in [1.54, 1.807) is 0 Å². The van der Waals surface area contributed by atoms with Gasteiger partial charge in [-0.25, -0.2) is 0 Å². The standard InChI is InChI=1S/C17H19BrClNO/c1-3-14(20)9-12-4-5-13(18)10-17(12)21-15-6-7-16(19)11(2)8-15/h4-8,10,14H,3,9,20H2,1-2H3. The van der Waals surface area contributed by atoms with E-state index in [0.29, 0.717) is 0 Å². The lowest BCUT2D eigenvalue weighted by Crippen LogP contribution is -2.21. The van der Waals surface area contributed by atoms with Crippen LogP contribution in [0.5, 0.6) is 11.5 Å². The van der Waals surface area contributed by atoms with Gasteiger partial charge in [0.2, 0.25) is 0 Å². The Balaban J connectivity index is 2.28. The SMILES string of the molecule is CCC(N)Cc1ccc(Br)cc1Oc1ccc(Cl)c(C)c1. The summed E-state index contributed by atoms with van der Waals surface area (Å²) < 4.78 is 7.01. The van der Waals surface area contributed by atoms with Crippen LogP contribution in [0.2, 0.25) is 5.02 Å². The average Bonchev–Trinajstić information content (AvgIpc) is 2.45. The maximum atomic E-state index is 6.06. The molecule has 0 heterocycles. The highest BCUT2D eigenvalue weighted by Crippen LogP contribution is 2.31. The molecule has 112 valence electrons. The zero-order chi connectivity index (χ0) is 15.4.